The van der Waals surface area contributed by atoms with Gasteiger partial charge in [-0.25, -0.2) is 0 Å². The van der Waals surface area contributed by atoms with E-state index in [9.17, 15) is 19.5 Å². The first-order chi connectivity index (χ1) is 8.60. The number of aldehydes is 1. The Morgan fingerprint density at radius 1 is 1.39 bits per heavy atom. The highest BCUT2D eigenvalue weighted by Gasteiger charge is 2.27. The standard InChI is InChI=1S/C14H12O4/c1-2-3-12(16)10-6-9-8(4-5-13(9)17)11(7-15)14(10)18/h2-3,6-7,18H,4-5H2,1H3/b3-2+. The summed E-state index contributed by atoms with van der Waals surface area (Å²) >= 11 is 0. The van der Waals surface area contributed by atoms with Crippen molar-refractivity contribution in [2.45, 2.75) is 19.8 Å². The van der Waals surface area contributed by atoms with Gasteiger partial charge in [0.1, 0.15) is 5.75 Å². The van der Waals surface area contributed by atoms with Crippen molar-refractivity contribution >= 4 is 17.9 Å². The van der Waals surface area contributed by atoms with E-state index >= 15 is 0 Å². The van der Waals surface area contributed by atoms with Gasteiger partial charge in [-0.3, -0.25) is 14.4 Å². The lowest BCUT2D eigenvalue weighted by molar-refractivity contribution is 0.0994. The molecule has 1 N–H and O–H groups in total. The number of carbonyl (C=O) groups is 3. The Morgan fingerprint density at radius 2 is 2.11 bits per heavy atom. The van der Waals surface area contributed by atoms with Gasteiger partial charge in [0.05, 0.1) is 11.1 Å². The van der Waals surface area contributed by atoms with Gasteiger partial charge in [-0.1, -0.05) is 6.08 Å². The Balaban J connectivity index is 2.70. The van der Waals surface area contributed by atoms with Crippen molar-refractivity contribution in [3.63, 3.8) is 0 Å². The minimum atomic E-state index is -0.416. The lowest BCUT2D eigenvalue weighted by Crippen LogP contribution is -2.03. The summed E-state index contributed by atoms with van der Waals surface area (Å²) in [5, 5.41) is 9.94. The summed E-state index contributed by atoms with van der Waals surface area (Å²) in [4.78, 5) is 34.4. The average Bonchev–Trinajstić information content (AvgIpc) is 2.70. The zero-order chi connectivity index (χ0) is 13.3. The fourth-order valence-electron chi connectivity index (χ4n) is 2.18. The number of ketones is 2. The number of Topliss-reactive ketones (excluding diaryl/α,β-unsaturated/α-hetero) is 1. The molecule has 0 amide bonds. The predicted octanol–water partition coefficient (Wildman–Crippen LogP) is 2.09. The van der Waals surface area contributed by atoms with Crippen LogP contribution < -0.4 is 0 Å². The van der Waals surface area contributed by atoms with Crippen molar-refractivity contribution < 1.29 is 19.5 Å². The number of allylic oxidation sites excluding steroid dienone is 2. The maximum absolute atomic E-state index is 11.8. The Morgan fingerprint density at radius 3 is 2.72 bits per heavy atom. The maximum Gasteiger partial charge on any atom is 0.189 e. The molecule has 18 heavy (non-hydrogen) atoms. The van der Waals surface area contributed by atoms with Gasteiger partial charge in [-0.15, -0.1) is 0 Å². The van der Waals surface area contributed by atoms with Crippen LogP contribution in [0.5, 0.6) is 5.75 Å². The molecule has 1 aromatic rings. The minimum absolute atomic E-state index is 0.00389. The SMILES string of the molecule is C/C=C/C(=O)c1cc2c(c(C=O)c1O)CCC2=O. The summed E-state index contributed by atoms with van der Waals surface area (Å²) in [6, 6.07) is 1.38. The fourth-order valence-corrected chi connectivity index (χ4v) is 2.18. The monoisotopic (exact) mass is 244 g/mol. The maximum atomic E-state index is 11.8. The topological polar surface area (TPSA) is 71.4 Å². The van der Waals surface area contributed by atoms with Gasteiger partial charge in [0.2, 0.25) is 0 Å². The van der Waals surface area contributed by atoms with Crippen molar-refractivity contribution in [1.29, 1.82) is 0 Å². The highest BCUT2D eigenvalue weighted by atomic mass is 16.3. The van der Waals surface area contributed by atoms with Gasteiger partial charge in [-0.05, 0) is 31.1 Å². The van der Waals surface area contributed by atoms with E-state index < -0.39 is 5.78 Å². The molecule has 2 rings (SSSR count). The number of phenolic OH excluding ortho intramolecular Hbond substituents is 1. The number of benzene rings is 1. The molecule has 0 aromatic heterocycles. The quantitative estimate of drug-likeness (QED) is 0.502. The van der Waals surface area contributed by atoms with E-state index in [-0.39, 0.29) is 22.7 Å². The smallest absolute Gasteiger partial charge is 0.189 e. The first-order valence-electron chi connectivity index (χ1n) is 5.64. The third-order valence-electron chi connectivity index (χ3n) is 3.05. The number of phenols is 1. The van der Waals surface area contributed by atoms with Gasteiger partial charge in [-0.2, -0.15) is 0 Å². The third-order valence-corrected chi connectivity index (χ3v) is 3.05. The summed E-state index contributed by atoms with van der Waals surface area (Å²) in [7, 11) is 0. The number of aromatic hydroxyl groups is 1. The van der Waals surface area contributed by atoms with Gasteiger partial charge in [0, 0.05) is 12.0 Å². The van der Waals surface area contributed by atoms with E-state index in [0.717, 1.165) is 0 Å². The molecule has 92 valence electrons. The van der Waals surface area contributed by atoms with Crippen molar-refractivity contribution in [3.05, 3.63) is 40.5 Å². The molecule has 0 spiro atoms. The molecule has 0 saturated heterocycles. The number of fused-ring (bicyclic) bond motifs is 1. The lowest BCUT2D eigenvalue weighted by atomic mass is 9.96. The van der Waals surface area contributed by atoms with Crippen LogP contribution in [0.25, 0.3) is 0 Å². The van der Waals surface area contributed by atoms with Gasteiger partial charge < -0.3 is 5.11 Å². The van der Waals surface area contributed by atoms with E-state index in [1.165, 1.54) is 18.2 Å². The second-order valence-corrected chi connectivity index (χ2v) is 4.12. The zero-order valence-electron chi connectivity index (χ0n) is 9.90. The van der Waals surface area contributed by atoms with Crippen molar-refractivity contribution in [1.82, 2.24) is 0 Å². The van der Waals surface area contributed by atoms with Crippen LogP contribution in [0, 0.1) is 0 Å². The Hall–Kier alpha value is -2.23. The Bertz CT molecular complexity index is 582. The molecule has 0 unspecified atom stereocenters. The molecule has 0 heterocycles. The molecular weight excluding hydrogens is 232 g/mol. The predicted molar refractivity (Wildman–Crippen MR) is 65.3 cm³/mol. The molecule has 0 saturated carbocycles. The van der Waals surface area contributed by atoms with Gasteiger partial charge >= 0.3 is 0 Å². The largest absolute Gasteiger partial charge is 0.506 e. The third kappa shape index (κ3) is 1.76. The van der Waals surface area contributed by atoms with Crippen molar-refractivity contribution in [3.8, 4) is 5.75 Å². The van der Waals surface area contributed by atoms with E-state index in [2.05, 4.69) is 0 Å². The fraction of sp³-hybridized carbons (Fsp3) is 0.214. The van der Waals surface area contributed by atoms with Crippen LogP contribution in [0.2, 0.25) is 0 Å². The molecule has 1 aliphatic carbocycles. The lowest BCUT2D eigenvalue weighted by Gasteiger charge is -2.08. The number of hydrogen-bond donors (Lipinski definition) is 1. The minimum Gasteiger partial charge on any atom is -0.506 e. The summed E-state index contributed by atoms with van der Waals surface area (Å²) in [6.07, 6.45) is 4.08. The molecule has 1 aromatic carbocycles. The van der Waals surface area contributed by atoms with E-state index in [0.29, 0.717) is 30.3 Å². The summed E-state index contributed by atoms with van der Waals surface area (Å²) in [5.74, 6) is -0.843. The van der Waals surface area contributed by atoms with Crippen LogP contribution >= 0.6 is 0 Å². The molecule has 1 aliphatic rings. The molecule has 4 nitrogen and oxygen atoms in total. The summed E-state index contributed by atoms with van der Waals surface area (Å²) in [5.41, 5.74) is 0.989. The van der Waals surface area contributed by atoms with Crippen LogP contribution in [0.3, 0.4) is 0 Å². The van der Waals surface area contributed by atoms with Gasteiger partial charge in [0.25, 0.3) is 0 Å². The van der Waals surface area contributed by atoms with E-state index in [1.54, 1.807) is 6.92 Å². The number of rotatable bonds is 3. The number of carbonyl (C=O) groups excluding carboxylic acids is 3. The van der Waals surface area contributed by atoms with Crippen LogP contribution in [0.1, 0.15) is 50.0 Å². The molecular formula is C14H12O4. The molecule has 4 heteroatoms. The molecule has 0 atom stereocenters. The highest BCUT2D eigenvalue weighted by molar-refractivity contribution is 6.12. The normalized spacial score (nSPS) is 13.9. The number of hydrogen-bond acceptors (Lipinski definition) is 4. The van der Waals surface area contributed by atoms with E-state index in [1.807, 2.05) is 0 Å². The molecule has 0 aliphatic heterocycles. The second kappa shape index (κ2) is 4.56. The first kappa shape index (κ1) is 12.2. The Kier molecular flexibility index (Phi) is 3.10. The zero-order valence-corrected chi connectivity index (χ0v) is 9.90. The molecule has 0 fully saturated rings. The highest BCUT2D eigenvalue weighted by Crippen LogP contribution is 2.33. The van der Waals surface area contributed by atoms with Crippen molar-refractivity contribution in [2.75, 3.05) is 0 Å². The van der Waals surface area contributed by atoms with Crippen LogP contribution in [-0.4, -0.2) is 23.0 Å². The molecule has 0 radical (unpaired) electrons. The van der Waals surface area contributed by atoms with Gasteiger partial charge in [0.15, 0.2) is 17.9 Å². The van der Waals surface area contributed by atoms with Crippen LogP contribution in [-0.2, 0) is 6.42 Å². The molecule has 0 bridgehead atoms. The van der Waals surface area contributed by atoms with Crippen LogP contribution in [0.15, 0.2) is 18.2 Å². The van der Waals surface area contributed by atoms with Crippen molar-refractivity contribution in [2.24, 2.45) is 0 Å². The second-order valence-electron chi connectivity index (χ2n) is 4.12. The van der Waals surface area contributed by atoms with E-state index in [4.69, 9.17) is 0 Å². The summed E-state index contributed by atoms with van der Waals surface area (Å²) < 4.78 is 0. The summed E-state index contributed by atoms with van der Waals surface area (Å²) in [6.45, 7) is 1.67. The Labute approximate surface area is 104 Å². The first-order valence-corrected chi connectivity index (χ1v) is 5.64. The average molecular weight is 244 g/mol. The van der Waals surface area contributed by atoms with Crippen LogP contribution in [0.4, 0.5) is 0 Å².